The zero-order valence-corrected chi connectivity index (χ0v) is 12.1. The first-order valence-corrected chi connectivity index (χ1v) is 6.64. The molecule has 2 nitrogen and oxygen atoms in total. The van der Waals surface area contributed by atoms with E-state index in [2.05, 4.69) is 5.32 Å². The van der Waals surface area contributed by atoms with E-state index in [1.54, 1.807) is 6.07 Å². The molecule has 0 aromatic heterocycles. The number of rotatable bonds is 3. The van der Waals surface area contributed by atoms with Crippen LogP contribution in [0.2, 0.25) is 5.02 Å². The summed E-state index contributed by atoms with van der Waals surface area (Å²) < 4.78 is 13.6. The first kappa shape index (κ1) is 14.5. The van der Waals surface area contributed by atoms with Gasteiger partial charge in [0.15, 0.2) is 0 Å². The lowest BCUT2D eigenvalue weighted by Gasteiger charge is -2.08. The van der Waals surface area contributed by atoms with Crippen molar-refractivity contribution in [2.75, 3.05) is 5.32 Å². The van der Waals surface area contributed by atoms with E-state index in [0.29, 0.717) is 16.3 Å². The van der Waals surface area contributed by atoms with Crippen LogP contribution in [-0.4, -0.2) is 5.91 Å². The Morgan fingerprint density at radius 1 is 1.15 bits per heavy atom. The predicted molar refractivity (Wildman–Crippen MR) is 79.7 cm³/mol. The lowest BCUT2D eigenvalue weighted by molar-refractivity contribution is -0.115. The maximum Gasteiger partial charge on any atom is 0.228 e. The van der Waals surface area contributed by atoms with E-state index >= 15 is 0 Å². The van der Waals surface area contributed by atoms with Crippen LogP contribution >= 0.6 is 11.6 Å². The van der Waals surface area contributed by atoms with Crippen molar-refractivity contribution >= 4 is 23.2 Å². The summed E-state index contributed by atoms with van der Waals surface area (Å²) in [5.74, 6) is -0.720. The highest BCUT2D eigenvalue weighted by atomic mass is 35.5. The van der Waals surface area contributed by atoms with Gasteiger partial charge in [-0.15, -0.1) is 0 Å². The molecule has 4 heteroatoms. The average Bonchev–Trinajstić information content (AvgIpc) is 2.37. The van der Waals surface area contributed by atoms with Gasteiger partial charge in [-0.2, -0.15) is 0 Å². The van der Waals surface area contributed by atoms with E-state index in [9.17, 15) is 9.18 Å². The number of amides is 1. The van der Waals surface area contributed by atoms with Crippen LogP contribution in [0, 0.1) is 19.7 Å². The number of carbonyl (C=O) groups excluding carboxylic acids is 1. The highest BCUT2D eigenvalue weighted by Gasteiger charge is 2.09. The normalized spacial score (nSPS) is 10.4. The second kappa shape index (κ2) is 6.06. The van der Waals surface area contributed by atoms with Crippen LogP contribution in [0.1, 0.15) is 16.7 Å². The highest BCUT2D eigenvalue weighted by molar-refractivity contribution is 6.30. The standard InChI is InChI=1S/C16H15ClFNO/c1-10-3-6-14(7-11(10)2)19-16(20)8-12-4-5-13(17)9-15(12)18/h3-7,9H,8H2,1-2H3,(H,19,20). The zero-order chi connectivity index (χ0) is 14.7. The zero-order valence-electron chi connectivity index (χ0n) is 11.3. The Bertz CT molecular complexity index is 655. The fourth-order valence-electron chi connectivity index (χ4n) is 1.86. The fourth-order valence-corrected chi connectivity index (χ4v) is 2.02. The minimum absolute atomic E-state index is 0.0179. The minimum Gasteiger partial charge on any atom is -0.326 e. The number of benzene rings is 2. The molecule has 0 bridgehead atoms. The summed E-state index contributed by atoms with van der Waals surface area (Å²) in [4.78, 5) is 11.9. The third-order valence-electron chi connectivity index (χ3n) is 3.16. The van der Waals surface area contributed by atoms with Crippen LogP contribution in [0.4, 0.5) is 10.1 Å². The van der Waals surface area contributed by atoms with Crippen molar-refractivity contribution < 1.29 is 9.18 Å². The molecule has 0 heterocycles. The van der Waals surface area contributed by atoms with Crippen molar-refractivity contribution in [3.63, 3.8) is 0 Å². The van der Waals surface area contributed by atoms with Gasteiger partial charge in [0.25, 0.3) is 0 Å². The summed E-state index contributed by atoms with van der Waals surface area (Å²) >= 11 is 5.67. The largest absolute Gasteiger partial charge is 0.326 e. The Hall–Kier alpha value is -1.87. The molecule has 104 valence electrons. The quantitative estimate of drug-likeness (QED) is 0.898. The monoisotopic (exact) mass is 291 g/mol. The fraction of sp³-hybridized carbons (Fsp3) is 0.188. The Kier molecular flexibility index (Phi) is 4.40. The predicted octanol–water partition coefficient (Wildman–Crippen LogP) is 4.28. The van der Waals surface area contributed by atoms with E-state index in [1.165, 1.54) is 12.1 Å². The molecule has 2 aromatic carbocycles. The van der Waals surface area contributed by atoms with Gasteiger partial charge in [0.1, 0.15) is 5.82 Å². The maximum atomic E-state index is 13.6. The minimum atomic E-state index is -0.465. The van der Waals surface area contributed by atoms with Gasteiger partial charge in [-0.3, -0.25) is 4.79 Å². The first-order chi connectivity index (χ1) is 9.45. The molecule has 0 radical (unpaired) electrons. The molecule has 2 aromatic rings. The molecule has 0 unspecified atom stereocenters. The van der Waals surface area contributed by atoms with Gasteiger partial charge in [0, 0.05) is 10.7 Å². The average molecular weight is 292 g/mol. The number of nitrogens with one attached hydrogen (secondary N) is 1. The summed E-state index contributed by atoms with van der Waals surface area (Å²) in [5, 5.41) is 3.08. The molecule has 1 amide bonds. The molecule has 0 atom stereocenters. The second-order valence-electron chi connectivity index (χ2n) is 4.76. The lowest BCUT2D eigenvalue weighted by atomic mass is 10.1. The Labute approximate surface area is 122 Å². The van der Waals surface area contributed by atoms with Gasteiger partial charge in [-0.05, 0) is 54.8 Å². The maximum absolute atomic E-state index is 13.6. The van der Waals surface area contributed by atoms with Crippen molar-refractivity contribution in [1.29, 1.82) is 0 Å². The second-order valence-corrected chi connectivity index (χ2v) is 5.20. The van der Waals surface area contributed by atoms with E-state index < -0.39 is 5.82 Å². The molecule has 0 fully saturated rings. The van der Waals surface area contributed by atoms with Gasteiger partial charge in [0.2, 0.25) is 5.91 Å². The van der Waals surface area contributed by atoms with Crippen LogP contribution in [-0.2, 0) is 11.2 Å². The van der Waals surface area contributed by atoms with Crippen molar-refractivity contribution in [2.45, 2.75) is 20.3 Å². The van der Waals surface area contributed by atoms with Gasteiger partial charge in [-0.25, -0.2) is 4.39 Å². The van der Waals surface area contributed by atoms with Crippen molar-refractivity contribution in [3.05, 3.63) is 63.9 Å². The Morgan fingerprint density at radius 2 is 1.90 bits per heavy atom. The molecule has 0 aliphatic carbocycles. The van der Waals surface area contributed by atoms with E-state index in [0.717, 1.165) is 11.1 Å². The van der Waals surface area contributed by atoms with Crippen LogP contribution < -0.4 is 5.32 Å². The van der Waals surface area contributed by atoms with E-state index in [-0.39, 0.29) is 12.3 Å². The third-order valence-corrected chi connectivity index (χ3v) is 3.39. The molecule has 0 spiro atoms. The molecule has 0 saturated carbocycles. The van der Waals surface area contributed by atoms with Crippen LogP contribution in [0.25, 0.3) is 0 Å². The van der Waals surface area contributed by atoms with Gasteiger partial charge in [-0.1, -0.05) is 23.7 Å². The van der Waals surface area contributed by atoms with E-state index in [1.807, 2.05) is 32.0 Å². The molecule has 0 aliphatic heterocycles. The highest BCUT2D eigenvalue weighted by Crippen LogP contribution is 2.17. The molecule has 20 heavy (non-hydrogen) atoms. The number of hydrogen-bond acceptors (Lipinski definition) is 1. The van der Waals surface area contributed by atoms with Crippen molar-refractivity contribution in [2.24, 2.45) is 0 Å². The number of carbonyl (C=O) groups is 1. The van der Waals surface area contributed by atoms with Crippen molar-refractivity contribution in [3.8, 4) is 0 Å². The number of hydrogen-bond donors (Lipinski definition) is 1. The van der Waals surface area contributed by atoms with Crippen LogP contribution in [0.5, 0.6) is 0 Å². The van der Waals surface area contributed by atoms with E-state index in [4.69, 9.17) is 11.6 Å². The van der Waals surface area contributed by atoms with Crippen LogP contribution in [0.3, 0.4) is 0 Å². The summed E-state index contributed by atoms with van der Waals surface area (Å²) in [6.07, 6.45) is -0.0179. The number of halogens is 2. The van der Waals surface area contributed by atoms with Gasteiger partial charge < -0.3 is 5.32 Å². The first-order valence-electron chi connectivity index (χ1n) is 6.27. The molecular formula is C16H15ClFNO. The summed E-state index contributed by atoms with van der Waals surface area (Å²) in [5.41, 5.74) is 3.30. The molecule has 0 saturated heterocycles. The summed E-state index contributed by atoms with van der Waals surface area (Å²) in [7, 11) is 0. The topological polar surface area (TPSA) is 29.1 Å². The van der Waals surface area contributed by atoms with Gasteiger partial charge in [0.05, 0.1) is 6.42 Å². The SMILES string of the molecule is Cc1ccc(NC(=O)Cc2ccc(Cl)cc2F)cc1C. The lowest BCUT2D eigenvalue weighted by Crippen LogP contribution is -2.15. The Balaban J connectivity index is 2.07. The third kappa shape index (κ3) is 3.58. The number of anilines is 1. The Morgan fingerprint density at radius 3 is 2.55 bits per heavy atom. The molecular weight excluding hydrogens is 277 g/mol. The van der Waals surface area contributed by atoms with Gasteiger partial charge >= 0.3 is 0 Å². The summed E-state index contributed by atoms with van der Waals surface area (Å²) in [6.45, 7) is 3.98. The number of aryl methyl sites for hydroxylation is 2. The molecule has 0 aliphatic rings. The smallest absolute Gasteiger partial charge is 0.228 e. The molecule has 2 rings (SSSR count). The van der Waals surface area contributed by atoms with Crippen LogP contribution in [0.15, 0.2) is 36.4 Å². The van der Waals surface area contributed by atoms with Crippen molar-refractivity contribution in [1.82, 2.24) is 0 Å². The molecule has 1 N–H and O–H groups in total. The summed E-state index contributed by atoms with van der Waals surface area (Å²) in [6, 6.07) is 9.97.